The van der Waals surface area contributed by atoms with Crippen molar-refractivity contribution in [2.24, 2.45) is 0 Å². The summed E-state index contributed by atoms with van der Waals surface area (Å²) in [4.78, 5) is 30.5. The Morgan fingerprint density at radius 3 is 2.75 bits per heavy atom. The van der Waals surface area contributed by atoms with Crippen LogP contribution in [0.2, 0.25) is 5.02 Å². The van der Waals surface area contributed by atoms with E-state index in [0.29, 0.717) is 21.1 Å². The van der Waals surface area contributed by atoms with Gasteiger partial charge in [0.2, 0.25) is 5.91 Å². The van der Waals surface area contributed by atoms with Crippen molar-refractivity contribution in [2.75, 3.05) is 0 Å². The topological polar surface area (TPSA) is 64.0 Å². The van der Waals surface area contributed by atoms with Crippen LogP contribution in [-0.4, -0.2) is 26.8 Å². The number of para-hydroxylation sites is 1. The van der Waals surface area contributed by atoms with Gasteiger partial charge in [-0.1, -0.05) is 41.6 Å². The Labute approximate surface area is 172 Å². The van der Waals surface area contributed by atoms with Crippen molar-refractivity contribution >= 4 is 40.2 Å². The minimum Gasteiger partial charge on any atom is -0.352 e. The maximum Gasteiger partial charge on any atom is 0.266 e. The van der Waals surface area contributed by atoms with Crippen molar-refractivity contribution < 1.29 is 4.79 Å². The fourth-order valence-electron chi connectivity index (χ4n) is 3.00. The van der Waals surface area contributed by atoms with Crippen LogP contribution in [-0.2, 0) is 4.79 Å². The molecule has 28 heavy (non-hydrogen) atoms. The van der Waals surface area contributed by atoms with Gasteiger partial charge in [0.25, 0.3) is 5.56 Å². The number of carbonyl (C=O) groups excluding carboxylic acids is 1. The van der Waals surface area contributed by atoms with Gasteiger partial charge in [0.15, 0.2) is 5.16 Å². The van der Waals surface area contributed by atoms with Crippen LogP contribution in [0.1, 0.15) is 25.3 Å². The smallest absolute Gasteiger partial charge is 0.266 e. The molecule has 0 unspecified atom stereocenters. The lowest BCUT2D eigenvalue weighted by Crippen LogP contribution is -2.33. The molecule has 144 valence electrons. The Morgan fingerprint density at radius 1 is 1.29 bits per heavy atom. The lowest BCUT2D eigenvalue weighted by molar-refractivity contribution is -0.120. The fraction of sp³-hybridized carbons (Fsp3) is 0.286. The lowest BCUT2D eigenvalue weighted by Gasteiger charge is -2.17. The second kappa shape index (κ2) is 7.60. The zero-order valence-corrected chi connectivity index (χ0v) is 17.2. The molecule has 1 N–H and O–H groups in total. The molecule has 1 fully saturated rings. The summed E-state index contributed by atoms with van der Waals surface area (Å²) in [5.41, 5.74) is 2.07. The van der Waals surface area contributed by atoms with E-state index in [4.69, 9.17) is 16.6 Å². The first-order valence-corrected chi connectivity index (χ1v) is 10.4. The van der Waals surface area contributed by atoms with Crippen LogP contribution in [0.25, 0.3) is 16.6 Å². The molecule has 1 aromatic heterocycles. The predicted octanol–water partition coefficient (Wildman–Crippen LogP) is 4.11. The third-order valence-corrected chi connectivity index (χ3v) is 6.02. The molecule has 0 spiro atoms. The van der Waals surface area contributed by atoms with Crippen molar-refractivity contribution in [1.82, 2.24) is 14.9 Å². The van der Waals surface area contributed by atoms with Gasteiger partial charge >= 0.3 is 0 Å². The number of aryl methyl sites for hydroxylation is 1. The van der Waals surface area contributed by atoms with Crippen molar-refractivity contribution in [1.29, 1.82) is 0 Å². The summed E-state index contributed by atoms with van der Waals surface area (Å²) in [6.07, 6.45) is 2.06. The van der Waals surface area contributed by atoms with Gasteiger partial charge in [-0.15, -0.1) is 0 Å². The van der Waals surface area contributed by atoms with Gasteiger partial charge < -0.3 is 5.32 Å². The predicted molar refractivity (Wildman–Crippen MR) is 114 cm³/mol. The lowest BCUT2D eigenvalue weighted by atomic mass is 10.2. The Morgan fingerprint density at radius 2 is 2.04 bits per heavy atom. The van der Waals surface area contributed by atoms with Crippen LogP contribution in [0.4, 0.5) is 0 Å². The highest BCUT2D eigenvalue weighted by molar-refractivity contribution is 8.00. The summed E-state index contributed by atoms with van der Waals surface area (Å²) in [6, 6.07) is 13.0. The van der Waals surface area contributed by atoms with Gasteiger partial charge in [0.1, 0.15) is 0 Å². The van der Waals surface area contributed by atoms with Crippen molar-refractivity contribution in [3.8, 4) is 5.69 Å². The minimum absolute atomic E-state index is 0.0377. The molecule has 1 atom stereocenters. The molecule has 2 aromatic carbocycles. The number of fused-ring (bicyclic) bond motifs is 1. The zero-order chi connectivity index (χ0) is 19.8. The number of benzene rings is 2. The number of nitrogens with zero attached hydrogens (tertiary/aromatic N) is 2. The van der Waals surface area contributed by atoms with E-state index in [1.165, 1.54) is 11.8 Å². The number of nitrogens with one attached hydrogen (secondary N) is 1. The van der Waals surface area contributed by atoms with Crippen molar-refractivity contribution in [3.05, 3.63) is 63.4 Å². The first-order valence-electron chi connectivity index (χ1n) is 9.19. The number of halogens is 1. The first-order chi connectivity index (χ1) is 13.4. The maximum absolute atomic E-state index is 13.3. The van der Waals surface area contributed by atoms with E-state index in [9.17, 15) is 9.59 Å². The summed E-state index contributed by atoms with van der Waals surface area (Å²) in [6.45, 7) is 3.78. The average molecular weight is 414 g/mol. The van der Waals surface area contributed by atoms with E-state index in [0.717, 1.165) is 24.1 Å². The Hall–Kier alpha value is -2.31. The normalized spacial score (nSPS) is 14.8. The van der Waals surface area contributed by atoms with Crippen LogP contribution < -0.4 is 10.9 Å². The van der Waals surface area contributed by atoms with Gasteiger partial charge in [0, 0.05) is 11.1 Å². The van der Waals surface area contributed by atoms with Crippen LogP contribution in [0.15, 0.2) is 52.4 Å². The third-order valence-electron chi connectivity index (χ3n) is 4.73. The molecule has 1 aliphatic rings. The molecular formula is C21H20ClN3O2S. The van der Waals surface area contributed by atoms with Gasteiger partial charge in [-0.25, -0.2) is 4.98 Å². The van der Waals surface area contributed by atoms with E-state index in [-0.39, 0.29) is 22.8 Å². The standard InChI is InChI=1S/C21H20ClN3O2S/c1-12-5-3-4-6-18(12)25-20(27)16-10-7-14(22)11-17(16)24-21(25)28-13(2)19(26)23-15-8-9-15/h3-7,10-11,13,15H,8-9H2,1-2H3,(H,23,26)/t13-/m1/s1. The molecule has 4 rings (SSSR count). The summed E-state index contributed by atoms with van der Waals surface area (Å²) in [5, 5.41) is 4.12. The highest BCUT2D eigenvalue weighted by atomic mass is 35.5. The largest absolute Gasteiger partial charge is 0.352 e. The zero-order valence-electron chi connectivity index (χ0n) is 15.6. The van der Waals surface area contributed by atoms with Crippen LogP contribution >= 0.6 is 23.4 Å². The highest BCUT2D eigenvalue weighted by Crippen LogP contribution is 2.28. The van der Waals surface area contributed by atoms with Crippen molar-refractivity contribution in [2.45, 2.75) is 43.1 Å². The number of thioether (sulfide) groups is 1. The average Bonchev–Trinajstić information content (AvgIpc) is 3.46. The number of hydrogen-bond acceptors (Lipinski definition) is 4. The molecule has 7 heteroatoms. The number of rotatable bonds is 5. The number of carbonyl (C=O) groups is 1. The molecular weight excluding hydrogens is 394 g/mol. The number of hydrogen-bond donors (Lipinski definition) is 1. The third kappa shape index (κ3) is 3.80. The monoisotopic (exact) mass is 413 g/mol. The van der Waals surface area contributed by atoms with E-state index in [1.807, 2.05) is 38.1 Å². The van der Waals surface area contributed by atoms with E-state index in [1.54, 1.807) is 22.8 Å². The quantitative estimate of drug-likeness (QED) is 0.505. The second-order valence-electron chi connectivity index (χ2n) is 7.03. The molecule has 1 aliphatic carbocycles. The van der Waals surface area contributed by atoms with Gasteiger partial charge in [0.05, 0.1) is 21.8 Å². The molecule has 5 nitrogen and oxygen atoms in total. The fourth-order valence-corrected chi connectivity index (χ4v) is 4.10. The summed E-state index contributed by atoms with van der Waals surface area (Å²) < 4.78 is 1.59. The van der Waals surface area contributed by atoms with Crippen LogP contribution in [0, 0.1) is 6.92 Å². The maximum atomic E-state index is 13.3. The van der Waals surface area contributed by atoms with Gasteiger partial charge in [-0.2, -0.15) is 0 Å². The molecule has 1 heterocycles. The second-order valence-corrected chi connectivity index (χ2v) is 8.77. The Balaban J connectivity index is 1.84. The Kier molecular flexibility index (Phi) is 5.17. The minimum atomic E-state index is -0.376. The van der Waals surface area contributed by atoms with Crippen molar-refractivity contribution in [3.63, 3.8) is 0 Å². The molecule has 3 aromatic rings. The molecule has 0 saturated heterocycles. The van der Waals surface area contributed by atoms with Gasteiger partial charge in [-0.05, 0) is 56.5 Å². The number of amides is 1. The molecule has 0 aliphatic heterocycles. The first kappa shape index (κ1) is 19.0. The molecule has 1 amide bonds. The van der Waals surface area contributed by atoms with E-state index < -0.39 is 0 Å². The van der Waals surface area contributed by atoms with E-state index >= 15 is 0 Å². The van der Waals surface area contributed by atoms with Crippen LogP contribution in [0.5, 0.6) is 0 Å². The SMILES string of the molecule is Cc1ccccc1-n1c(S[C@H](C)C(=O)NC2CC2)nc2cc(Cl)ccc2c1=O. The summed E-state index contributed by atoms with van der Waals surface area (Å²) in [7, 11) is 0. The highest BCUT2D eigenvalue weighted by Gasteiger charge is 2.27. The summed E-state index contributed by atoms with van der Waals surface area (Å²) >= 11 is 7.39. The number of aromatic nitrogens is 2. The van der Waals surface area contributed by atoms with Gasteiger partial charge in [-0.3, -0.25) is 14.2 Å². The van der Waals surface area contributed by atoms with E-state index in [2.05, 4.69) is 5.32 Å². The van der Waals surface area contributed by atoms with Crippen LogP contribution in [0.3, 0.4) is 0 Å². The molecule has 0 bridgehead atoms. The Bertz CT molecular complexity index is 1120. The molecule has 0 radical (unpaired) electrons. The molecule has 1 saturated carbocycles. The summed E-state index contributed by atoms with van der Waals surface area (Å²) in [5.74, 6) is -0.0377.